The normalized spacial score (nSPS) is 17.6. The van der Waals surface area contributed by atoms with Crippen molar-refractivity contribution in [2.24, 2.45) is 0 Å². The summed E-state index contributed by atoms with van der Waals surface area (Å²) in [6, 6.07) is 5.81. The van der Waals surface area contributed by atoms with E-state index in [-0.39, 0.29) is 12.5 Å². The second-order valence-corrected chi connectivity index (χ2v) is 5.78. The van der Waals surface area contributed by atoms with Crippen LogP contribution in [0.4, 0.5) is 5.69 Å². The summed E-state index contributed by atoms with van der Waals surface area (Å²) in [7, 11) is 0. The van der Waals surface area contributed by atoms with Gasteiger partial charge in [-0.2, -0.15) is 0 Å². The van der Waals surface area contributed by atoms with Gasteiger partial charge in [0.25, 0.3) is 5.91 Å². The van der Waals surface area contributed by atoms with E-state index in [0.29, 0.717) is 5.92 Å². The van der Waals surface area contributed by atoms with Gasteiger partial charge in [-0.3, -0.25) is 4.79 Å². The molecule has 1 amide bonds. The number of nitrogens with one attached hydrogen (secondary N) is 1. The fraction of sp³-hybridized carbons (Fsp3) is 0.286. The lowest BCUT2D eigenvalue weighted by molar-refractivity contribution is -0.118. The van der Waals surface area contributed by atoms with E-state index in [1.807, 2.05) is 18.2 Å². The molecule has 1 aromatic heterocycles. The minimum atomic E-state index is -0.110. The Kier molecular flexibility index (Phi) is 2.35. The van der Waals surface area contributed by atoms with Crippen molar-refractivity contribution in [2.45, 2.75) is 18.8 Å². The van der Waals surface area contributed by atoms with E-state index in [4.69, 9.17) is 4.74 Å². The lowest BCUT2D eigenvalue weighted by Crippen LogP contribution is -2.25. The van der Waals surface area contributed by atoms with Crippen LogP contribution in [0.1, 0.15) is 23.8 Å². The van der Waals surface area contributed by atoms with Crippen molar-refractivity contribution in [1.29, 1.82) is 0 Å². The maximum atomic E-state index is 11.3. The van der Waals surface area contributed by atoms with Gasteiger partial charge in [-0.15, -0.1) is 11.3 Å². The Morgan fingerprint density at radius 1 is 1.37 bits per heavy atom. The quantitative estimate of drug-likeness (QED) is 0.914. The van der Waals surface area contributed by atoms with Crippen LogP contribution in [0.2, 0.25) is 0 Å². The molecule has 0 radical (unpaired) electrons. The zero-order chi connectivity index (χ0) is 12.8. The number of rotatable bonds is 2. The Labute approximate surface area is 114 Å². The molecule has 2 heterocycles. The molecule has 1 N–H and O–H groups in total. The van der Waals surface area contributed by atoms with E-state index in [0.717, 1.165) is 22.7 Å². The summed E-state index contributed by atoms with van der Waals surface area (Å²) in [4.78, 5) is 16.0. The summed E-state index contributed by atoms with van der Waals surface area (Å²) in [6.07, 6.45) is 2.53. The third kappa shape index (κ3) is 2.00. The van der Waals surface area contributed by atoms with E-state index >= 15 is 0 Å². The van der Waals surface area contributed by atoms with Gasteiger partial charge >= 0.3 is 0 Å². The van der Waals surface area contributed by atoms with Crippen molar-refractivity contribution >= 4 is 22.9 Å². The average Bonchev–Trinajstić information content (AvgIpc) is 3.16. The Morgan fingerprint density at radius 2 is 2.26 bits per heavy atom. The number of fused-ring (bicyclic) bond motifs is 1. The molecule has 1 aromatic carbocycles. The molecule has 1 fully saturated rings. The summed E-state index contributed by atoms with van der Waals surface area (Å²) in [6.45, 7) is 0.0921. The van der Waals surface area contributed by atoms with Crippen LogP contribution in [-0.4, -0.2) is 17.5 Å². The molecule has 19 heavy (non-hydrogen) atoms. The van der Waals surface area contributed by atoms with Crippen molar-refractivity contribution in [3.05, 3.63) is 28.6 Å². The summed E-state index contributed by atoms with van der Waals surface area (Å²) in [5, 5.41) is 6.14. The fourth-order valence-corrected chi connectivity index (χ4v) is 3.18. The van der Waals surface area contributed by atoms with Crippen molar-refractivity contribution in [3.63, 3.8) is 0 Å². The number of nitrogens with zero attached hydrogens (tertiary/aromatic N) is 1. The molecule has 96 valence electrons. The standard InChI is InChI=1S/C14H12N2O2S/c17-13-6-18-12-4-3-9(5-10(12)15-13)11-7-19-14(16-11)8-1-2-8/h3-5,7-8H,1-2,6H2,(H,15,17). The SMILES string of the molecule is O=C1COc2ccc(-c3csc(C4CC4)n3)cc2N1. The molecular formula is C14H12N2O2S. The lowest BCUT2D eigenvalue weighted by Gasteiger charge is -2.18. The lowest BCUT2D eigenvalue weighted by atomic mass is 10.1. The zero-order valence-corrected chi connectivity index (χ0v) is 11.0. The number of carbonyl (C=O) groups is 1. The van der Waals surface area contributed by atoms with Gasteiger partial charge in [0, 0.05) is 16.9 Å². The van der Waals surface area contributed by atoms with E-state index in [9.17, 15) is 4.79 Å². The predicted molar refractivity (Wildman–Crippen MR) is 73.6 cm³/mol. The first-order chi connectivity index (χ1) is 9.29. The smallest absolute Gasteiger partial charge is 0.262 e. The van der Waals surface area contributed by atoms with Crippen LogP contribution in [0.5, 0.6) is 5.75 Å². The number of benzene rings is 1. The monoisotopic (exact) mass is 272 g/mol. The highest BCUT2D eigenvalue weighted by atomic mass is 32.1. The Bertz CT molecular complexity index is 661. The average molecular weight is 272 g/mol. The third-order valence-corrected chi connectivity index (χ3v) is 4.36. The first kappa shape index (κ1) is 11.0. The van der Waals surface area contributed by atoms with E-state index in [1.165, 1.54) is 17.8 Å². The van der Waals surface area contributed by atoms with Crippen molar-refractivity contribution in [2.75, 3.05) is 11.9 Å². The molecular weight excluding hydrogens is 260 g/mol. The van der Waals surface area contributed by atoms with Crippen molar-refractivity contribution < 1.29 is 9.53 Å². The zero-order valence-electron chi connectivity index (χ0n) is 10.2. The molecule has 1 aliphatic heterocycles. The molecule has 0 bridgehead atoms. The number of hydrogen-bond donors (Lipinski definition) is 1. The van der Waals surface area contributed by atoms with Crippen LogP contribution in [0.3, 0.4) is 0 Å². The maximum Gasteiger partial charge on any atom is 0.262 e. The number of amides is 1. The summed E-state index contributed by atoms with van der Waals surface area (Å²) in [5.41, 5.74) is 2.73. The highest BCUT2D eigenvalue weighted by molar-refractivity contribution is 7.10. The minimum Gasteiger partial charge on any atom is -0.482 e. The molecule has 0 unspecified atom stereocenters. The maximum absolute atomic E-state index is 11.3. The van der Waals surface area contributed by atoms with E-state index < -0.39 is 0 Å². The molecule has 4 rings (SSSR count). The van der Waals surface area contributed by atoms with Crippen LogP contribution in [0, 0.1) is 0 Å². The second-order valence-electron chi connectivity index (χ2n) is 4.89. The Balaban J connectivity index is 1.70. The van der Waals surface area contributed by atoms with Crippen LogP contribution in [-0.2, 0) is 4.79 Å². The summed E-state index contributed by atoms with van der Waals surface area (Å²) in [5.74, 6) is 1.29. The third-order valence-electron chi connectivity index (χ3n) is 3.36. The molecule has 2 aliphatic rings. The van der Waals surface area contributed by atoms with Gasteiger partial charge in [-0.1, -0.05) is 0 Å². The van der Waals surface area contributed by atoms with Gasteiger partial charge in [0.1, 0.15) is 5.75 Å². The molecule has 1 aliphatic carbocycles. The Morgan fingerprint density at radius 3 is 3.11 bits per heavy atom. The number of carbonyl (C=O) groups excluding carboxylic acids is 1. The van der Waals surface area contributed by atoms with Crippen LogP contribution >= 0.6 is 11.3 Å². The largest absolute Gasteiger partial charge is 0.482 e. The summed E-state index contributed by atoms with van der Waals surface area (Å²) >= 11 is 1.72. The van der Waals surface area contributed by atoms with Gasteiger partial charge in [0.2, 0.25) is 0 Å². The van der Waals surface area contributed by atoms with Gasteiger partial charge in [-0.05, 0) is 31.0 Å². The highest BCUT2D eigenvalue weighted by Crippen LogP contribution is 2.43. The van der Waals surface area contributed by atoms with Gasteiger partial charge in [0.15, 0.2) is 6.61 Å². The topological polar surface area (TPSA) is 51.2 Å². The first-order valence-corrected chi connectivity index (χ1v) is 7.20. The molecule has 1 saturated carbocycles. The van der Waals surface area contributed by atoms with Crippen molar-refractivity contribution in [1.82, 2.24) is 4.98 Å². The fourth-order valence-electron chi connectivity index (χ4n) is 2.18. The summed E-state index contributed by atoms with van der Waals surface area (Å²) < 4.78 is 5.35. The number of hydrogen-bond acceptors (Lipinski definition) is 4. The van der Waals surface area contributed by atoms with Gasteiger partial charge < -0.3 is 10.1 Å². The van der Waals surface area contributed by atoms with Crippen LogP contribution < -0.4 is 10.1 Å². The number of ether oxygens (including phenoxy) is 1. The second kappa shape index (κ2) is 4.06. The molecule has 0 spiro atoms. The molecule has 0 saturated heterocycles. The number of aromatic nitrogens is 1. The van der Waals surface area contributed by atoms with Crippen LogP contribution in [0.25, 0.3) is 11.3 Å². The Hall–Kier alpha value is -1.88. The number of anilines is 1. The van der Waals surface area contributed by atoms with Gasteiger partial charge in [0.05, 0.1) is 16.4 Å². The first-order valence-electron chi connectivity index (χ1n) is 6.32. The predicted octanol–water partition coefficient (Wildman–Crippen LogP) is 3.02. The minimum absolute atomic E-state index is 0.0921. The molecule has 2 aromatic rings. The highest BCUT2D eigenvalue weighted by Gasteiger charge is 2.27. The van der Waals surface area contributed by atoms with Crippen LogP contribution in [0.15, 0.2) is 23.6 Å². The van der Waals surface area contributed by atoms with E-state index in [1.54, 1.807) is 11.3 Å². The number of thiazole rings is 1. The molecule has 0 atom stereocenters. The molecule has 5 heteroatoms. The van der Waals surface area contributed by atoms with Crippen molar-refractivity contribution in [3.8, 4) is 17.0 Å². The van der Waals surface area contributed by atoms with E-state index in [2.05, 4.69) is 15.7 Å². The molecule has 4 nitrogen and oxygen atoms in total. The van der Waals surface area contributed by atoms with Gasteiger partial charge in [-0.25, -0.2) is 4.98 Å².